The Balaban J connectivity index is 1.56. The van der Waals surface area contributed by atoms with E-state index in [9.17, 15) is 8.78 Å². The topological polar surface area (TPSA) is 86.3 Å². The van der Waals surface area contributed by atoms with Crippen LogP contribution < -0.4 is 5.73 Å². The van der Waals surface area contributed by atoms with Crippen molar-refractivity contribution >= 4 is 17.2 Å². The molecule has 2 fully saturated rings. The molecule has 1 aromatic carbocycles. The van der Waals surface area contributed by atoms with Crippen LogP contribution in [0.25, 0.3) is 22.3 Å². The van der Waals surface area contributed by atoms with Crippen molar-refractivity contribution in [2.75, 3.05) is 0 Å². The SMILES string of the molecule is Cc1cnc2c(-c3ccc(F)cc3F)nc([C@H]3C[C@@H](C)O[C@@H](/C(C=NC4CC4)=C/N)C3)cc2n1. The molecule has 5 rings (SSSR count). The molecule has 1 aliphatic heterocycles. The average Bonchev–Trinajstić information content (AvgIpc) is 3.63. The quantitative estimate of drug-likeness (QED) is 0.538. The minimum atomic E-state index is -0.684. The Bertz CT molecular complexity index is 1290. The number of nitrogens with two attached hydrogens (primary N) is 1. The van der Waals surface area contributed by atoms with E-state index in [1.54, 1.807) is 12.4 Å². The number of nitrogens with zero attached hydrogens (tertiary/aromatic N) is 4. The molecule has 0 spiro atoms. The Morgan fingerprint density at radius 1 is 1.18 bits per heavy atom. The van der Waals surface area contributed by atoms with Crippen molar-refractivity contribution in [1.29, 1.82) is 0 Å². The summed E-state index contributed by atoms with van der Waals surface area (Å²) >= 11 is 0. The van der Waals surface area contributed by atoms with Gasteiger partial charge in [0.15, 0.2) is 0 Å². The Hall–Kier alpha value is -3.26. The molecule has 3 aromatic rings. The van der Waals surface area contributed by atoms with E-state index in [4.69, 9.17) is 15.5 Å². The first kappa shape index (κ1) is 22.5. The minimum Gasteiger partial charge on any atom is -0.404 e. The Morgan fingerprint density at radius 3 is 2.74 bits per heavy atom. The first-order valence-electron chi connectivity index (χ1n) is 11.6. The van der Waals surface area contributed by atoms with Crippen LogP contribution in [0.2, 0.25) is 0 Å². The predicted octanol–water partition coefficient (Wildman–Crippen LogP) is 5.01. The molecule has 0 radical (unpaired) electrons. The summed E-state index contributed by atoms with van der Waals surface area (Å²) in [6, 6.07) is 5.80. The number of benzene rings is 1. The van der Waals surface area contributed by atoms with Gasteiger partial charge in [0, 0.05) is 47.4 Å². The molecule has 0 amide bonds. The van der Waals surface area contributed by atoms with E-state index in [2.05, 4.69) is 15.0 Å². The molecule has 6 nitrogen and oxygen atoms in total. The van der Waals surface area contributed by atoms with E-state index >= 15 is 0 Å². The van der Waals surface area contributed by atoms with Gasteiger partial charge in [0.2, 0.25) is 0 Å². The summed E-state index contributed by atoms with van der Waals surface area (Å²) in [6.07, 6.45) is 8.41. The van der Waals surface area contributed by atoms with Crippen LogP contribution in [0, 0.1) is 18.6 Å². The molecule has 1 aliphatic carbocycles. The molecular weight excluding hydrogens is 436 g/mol. The highest BCUT2D eigenvalue weighted by Gasteiger charge is 2.32. The fourth-order valence-corrected chi connectivity index (χ4v) is 4.46. The van der Waals surface area contributed by atoms with Gasteiger partial charge in [0.1, 0.15) is 22.8 Å². The minimum absolute atomic E-state index is 0.0277. The van der Waals surface area contributed by atoms with Crippen LogP contribution in [0.4, 0.5) is 8.78 Å². The number of aryl methyl sites for hydroxylation is 1. The zero-order chi connectivity index (χ0) is 23.8. The summed E-state index contributed by atoms with van der Waals surface area (Å²) in [5.41, 5.74) is 9.97. The van der Waals surface area contributed by atoms with E-state index in [-0.39, 0.29) is 23.7 Å². The van der Waals surface area contributed by atoms with Gasteiger partial charge in [-0.15, -0.1) is 0 Å². The average molecular weight is 464 g/mol. The van der Waals surface area contributed by atoms with Gasteiger partial charge in [-0.1, -0.05) is 0 Å². The van der Waals surface area contributed by atoms with Crippen LogP contribution >= 0.6 is 0 Å². The van der Waals surface area contributed by atoms with Crippen molar-refractivity contribution in [3.05, 3.63) is 65.3 Å². The molecular formula is C26H27F2N5O. The van der Waals surface area contributed by atoms with Gasteiger partial charge in [-0.3, -0.25) is 9.98 Å². The second-order valence-electron chi connectivity index (χ2n) is 9.18. The third kappa shape index (κ3) is 4.68. The molecule has 176 valence electrons. The highest BCUT2D eigenvalue weighted by atomic mass is 19.1. The number of fused-ring (bicyclic) bond motifs is 1. The lowest BCUT2D eigenvalue weighted by Gasteiger charge is -2.34. The van der Waals surface area contributed by atoms with E-state index in [1.165, 1.54) is 12.1 Å². The third-order valence-corrected chi connectivity index (χ3v) is 6.33. The van der Waals surface area contributed by atoms with Crippen molar-refractivity contribution in [2.24, 2.45) is 10.7 Å². The largest absolute Gasteiger partial charge is 0.404 e. The van der Waals surface area contributed by atoms with Gasteiger partial charge in [-0.05, 0) is 57.7 Å². The monoisotopic (exact) mass is 463 g/mol. The Morgan fingerprint density at radius 2 is 2.00 bits per heavy atom. The van der Waals surface area contributed by atoms with Crippen molar-refractivity contribution < 1.29 is 13.5 Å². The lowest BCUT2D eigenvalue weighted by molar-refractivity contribution is -0.0266. The normalized spacial score (nSPS) is 23.6. The van der Waals surface area contributed by atoms with Crippen LogP contribution in [0.3, 0.4) is 0 Å². The number of aromatic nitrogens is 3. The Labute approximate surface area is 197 Å². The summed E-state index contributed by atoms with van der Waals surface area (Å²) in [6.45, 7) is 3.88. The van der Waals surface area contributed by atoms with Gasteiger partial charge in [-0.2, -0.15) is 0 Å². The summed E-state index contributed by atoms with van der Waals surface area (Å²) in [5.74, 6) is -1.29. The highest BCUT2D eigenvalue weighted by molar-refractivity contribution is 5.89. The van der Waals surface area contributed by atoms with Crippen molar-refractivity contribution in [3.8, 4) is 11.3 Å². The van der Waals surface area contributed by atoms with E-state index in [0.717, 1.165) is 42.3 Å². The number of hydrogen-bond donors (Lipinski definition) is 1. The molecule has 1 saturated carbocycles. The number of halogens is 2. The summed E-state index contributed by atoms with van der Waals surface area (Å²) in [7, 11) is 0. The van der Waals surface area contributed by atoms with E-state index in [0.29, 0.717) is 29.2 Å². The second-order valence-corrected chi connectivity index (χ2v) is 9.18. The summed E-state index contributed by atoms with van der Waals surface area (Å²) < 4.78 is 34.5. The molecule has 3 atom stereocenters. The van der Waals surface area contributed by atoms with Crippen LogP contribution in [0.5, 0.6) is 0 Å². The van der Waals surface area contributed by atoms with Gasteiger partial charge >= 0.3 is 0 Å². The van der Waals surface area contributed by atoms with E-state index in [1.807, 2.05) is 26.1 Å². The fraction of sp³-hybridized carbons (Fsp3) is 0.385. The zero-order valence-corrected chi connectivity index (χ0v) is 19.2. The number of pyridine rings is 1. The van der Waals surface area contributed by atoms with Crippen LogP contribution in [-0.4, -0.2) is 39.4 Å². The summed E-state index contributed by atoms with van der Waals surface area (Å²) in [4.78, 5) is 18.5. The lowest BCUT2D eigenvalue weighted by atomic mass is 9.86. The Kier molecular flexibility index (Phi) is 6.08. The maximum Gasteiger partial charge on any atom is 0.135 e. The molecule has 3 heterocycles. The van der Waals surface area contributed by atoms with Gasteiger partial charge in [-0.25, -0.2) is 18.7 Å². The maximum atomic E-state index is 14.8. The first-order valence-corrected chi connectivity index (χ1v) is 11.6. The van der Waals surface area contributed by atoms with Crippen molar-refractivity contribution in [2.45, 2.75) is 63.7 Å². The highest BCUT2D eigenvalue weighted by Crippen LogP contribution is 2.37. The van der Waals surface area contributed by atoms with Crippen LogP contribution in [0.1, 0.15) is 49.9 Å². The van der Waals surface area contributed by atoms with Crippen molar-refractivity contribution in [3.63, 3.8) is 0 Å². The molecule has 2 aromatic heterocycles. The fourth-order valence-electron chi connectivity index (χ4n) is 4.46. The van der Waals surface area contributed by atoms with Crippen LogP contribution in [0.15, 0.2) is 47.2 Å². The number of aliphatic imine (C=N–C) groups is 1. The zero-order valence-electron chi connectivity index (χ0n) is 19.2. The molecule has 2 N–H and O–H groups in total. The third-order valence-electron chi connectivity index (χ3n) is 6.33. The number of ether oxygens (including phenoxy) is 1. The first-order chi connectivity index (χ1) is 16.4. The lowest BCUT2D eigenvalue weighted by Crippen LogP contribution is -2.32. The molecule has 8 heteroatoms. The second kappa shape index (κ2) is 9.18. The van der Waals surface area contributed by atoms with Crippen molar-refractivity contribution in [1.82, 2.24) is 15.0 Å². The van der Waals surface area contributed by atoms with Gasteiger partial charge in [0.05, 0.1) is 29.5 Å². The molecule has 0 bridgehead atoms. The molecule has 34 heavy (non-hydrogen) atoms. The molecule has 2 aliphatic rings. The standard InChI is InChI=1S/C26H27F2N5O/c1-14-12-31-26-23(32-14)10-22(33-25(26)20-6-3-18(27)9-21(20)28)16-7-15(2)34-24(8-16)17(11-29)13-30-19-4-5-19/h3,6,9-13,15-16,19,24H,4-5,7-8,29H2,1-2H3/b17-11+,30-13?/t15-,16+,24-/m1/s1. The van der Waals surface area contributed by atoms with Gasteiger partial charge < -0.3 is 10.5 Å². The van der Waals surface area contributed by atoms with Crippen LogP contribution in [-0.2, 0) is 4.74 Å². The molecule has 0 unspecified atom stereocenters. The van der Waals surface area contributed by atoms with Gasteiger partial charge in [0.25, 0.3) is 0 Å². The number of hydrogen-bond acceptors (Lipinski definition) is 6. The predicted molar refractivity (Wildman–Crippen MR) is 128 cm³/mol. The number of rotatable bonds is 5. The maximum absolute atomic E-state index is 14.8. The van der Waals surface area contributed by atoms with E-state index < -0.39 is 11.6 Å². The smallest absolute Gasteiger partial charge is 0.135 e. The summed E-state index contributed by atoms with van der Waals surface area (Å²) in [5, 5.41) is 0. The molecule has 1 saturated heterocycles.